The van der Waals surface area contributed by atoms with Crippen LogP contribution in [-0.4, -0.2) is 32.6 Å². The zero-order valence-electron chi connectivity index (χ0n) is 21.9. The van der Waals surface area contributed by atoms with E-state index >= 15 is 0 Å². The third-order valence-electron chi connectivity index (χ3n) is 6.85. The molecule has 0 spiro atoms. The van der Waals surface area contributed by atoms with Crippen LogP contribution >= 0.6 is 11.6 Å². The molecule has 8 heteroatoms. The number of hydrogen-bond donors (Lipinski definition) is 2. The van der Waals surface area contributed by atoms with Crippen LogP contribution in [0.25, 0.3) is 22.3 Å². The number of benzene rings is 3. The van der Waals surface area contributed by atoms with Gasteiger partial charge < -0.3 is 15.2 Å². The minimum Gasteiger partial charge on any atom is -0.487 e. The number of carbonyl (C=O) groups is 2. The lowest BCUT2D eigenvalue weighted by Crippen LogP contribution is -2.41. The normalized spacial score (nSPS) is 15.8. The van der Waals surface area contributed by atoms with Crippen molar-refractivity contribution in [3.63, 3.8) is 0 Å². The van der Waals surface area contributed by atoms with Crippen LogP contribution in [0.5, 0.6) is 5.75 Å². The standard InChI is InChI=1S/C31H30ClN3O4/c1-31(2)18-26(22-7-3-5-9-27(22)39-31)35-30(38)20-13-16-23-25(17-20)33-24(8-4-6-10-28(36)37)29(34-23)19-11-14-21(32)15-12-19/h3,5,7,9,11-17,26H,4,6,8,10,18H2,1-2H3,(H,35,38)(H,36,37). The second-order valence-electron chi connectivity index (χ2n) is 10.5. The van der Waals surface area contributed by atoms with Crippen molar-refractivity contribution in [3.8, 4) is 17.0 Å². The Balaban J connectivity index is 1.44. The molecule has 200 valence electrons. The van der Waals surface area contributed by atoms with Gasteiger partial charge in [0.05, 0.1) is 28.5 Å². The predicted octanol–water partition coefficient (Wildman–Crippen LogP) is 6.78. The van der Waals surface area contributed by atoms with Crippen molar-refractivity contribution in [2.24, 2.45) is 0 Å². The number of hydrogen-bond acceptors (Lipinski definition) is 5. The first kappa shape index (κ1) is 26.6. The van der Waals surface area contributed by atoms with Gasteiger partial charge in [-0.3, -0.25) is 9.59 Å². The highest BCUT2D eigenvalue weighted by molar-refractivity contribution is 6.30. The smallest absolute Gasteiger partial charge is 0.303 e. The Morgan fingerprint density at radius 3 is 2.56 bits per heavy atom. The Morgan fingerprint density at radius 1 is 1.03 bits per heavy atom. The lowest BCUT2D eigenvalue weighted by Gasteiger charge is -2.37. The largest absolute Gasteiger partial charge is 0.487 e. The van der Waals surface area contributed by atoms with Crippen molar-refractivity contribution in [2.45, 2.75) is 57.6 Å². The number of rotatable bonds is 8. The van der Waals surface area contributed by atoms with Crippen molar-refractivity contribution in [1.82, 2.24) is 15.3 Å². The molecule has 7 nitrogen and oxygen atoms in total. The van der Waals surface area contributed by atoms with Gasteiger partial charge in [-0.15, -0.1) is 0 Å². The first-order chi connectivity index (χ1) is 18.7. The van der Waals surface area contributed by atoms with E-state index in [1.807, 2.05) is 56.3 Å². The number of carboxylic acids is 1. The second kappa shape index (κ2) is 11.0. The highest BCUT2D eigenvalue weighted by Crippen LogP contribution is 2.39. The molecule has 0 saturated carbocycles. The van der Waals surface area contributed by atoms with Gasteiger partial charge in [-0.25, -0.2) is 9.97 Å². The number of nitrogens with zero attached hydrogens (tertiary/aromatic N) is 2. The number of aromatic nitrogens is 2. The maximum Gasteiger partial charge on any atom is 0.303 e. The van der Waals surface area contributed by atoms with Crippen molar-refractivity contribution in [2.75, 3.05) is 0 Å². The number of aliphatic carboxylic acids is 1. The molecule has 1 atom stereocenters. The average molecular weight is 544 g/mol. The van der Waals surface area contributed by atoms with Gasteiger partial charge in [-0.1, -0.05) is 41.9 Å². The van der Waals surface area contributed by atoms with Gasteiger partial charge in [0, 0.05) is 34.6 Å². The Labute approximate surface area is 232 Å². The van der Waals surface area contributed by atoms with Crippen LogP contribution < -0.4 is 10.1 Å². The Kier molecular flexibility index (Phi) is 7.53. The molecule has 1 aromatic heterocycles. The summed E-state index contributed by atoms with van der Waals surface area (Å²) in [6, 6.07) is 20.3. The molecule has 0 radical (unpaired) electrons. The lowest BCUT2D eigenvalue weighted by molar-refractivity contribution is -0.137. The second-order valence-corrected chi connectivity index (χ2v) is 10.9. The van der Waals surface area contributed by atoms with E-state index in [0.717, 1.165) is 28.3 Å². The molecule has 1 aliphatic rings. The van der Waals surface area contributed by atoms with E-state index < -0.39 is 11.6 Å². The van der Waals surface area contributed by atoms with Crippen LogP contribution in [0.3, 0.4) is 0 Å². The maximum absolute atomic E-state index is 13.4. The zero-order valence-corrected chi connectivity index (χ0v) is 22.7. The van der Waals surface area contributed by atoms with Crippen molar-refractivity contribution >= 4 is 34.5 Å². The molecule has 0 aliphatic carbocycles. The van der Waals surface area contributed by atoms with Gasteiger partial charge >= 0.3 is 5.97 Å². The van der Waals surface area contributed by atoms with Gasteiger partial charge in [0.15, 0.2) is 0 Å². The molecule has 1 unspecified atom stereocenters. The van der Waals surface area contributed by atoms with Gasteiger partial charge in [0.1, 0.15) is 11.4 Å². The van der Waals surface area contributed by atoms with E-state index in [1.165, 1.54) is 0 Å². The molecular formula is C31H30ClN3O4. The van der Waals surface area contributed by atoms with Crippen molar-refractivity contribution in [1.29, 1.82) is 0 Å². The van der Waals surface area contributed by atoms with Crippen LogP contribution in [0.2, 0.25) is 5.02 Å². The molecule has 2 heterocycles. The molecule has 3 aromatic carbocycles. The number of fused-ring (bicyclic) bond motifs is 2. The third-order valence-corrected chi connectivity index (χ3v) is 7.10. The number of ether oxygens (including phenoxy) is 1. The molecular weight excluding hydrogens is 514 g/mol. The van der Waals surface area contributed by atoms with E-state index in [9.17, 15) is 9.59 Å². The number of amides is 1. The molecule has 1 aliphatic heterocycles. The number of nitrogens with one attached hydrogen (secondary N) is 1. The molecule has 0 bridgehead atoms. The van der Waals surface area contributed by atoms with Crippen LogP contribution in [0.1, 0.15) is 67.2 Å². The molecule has 2 N–H and O–H groups in total. The third kappa shape index (κ3) is 6.20. The predicted molar refractivity (Wildman–Crippen MR) is 151 cm³/mol. The highest BCUT2D eigenvalue weighted by Gasteiger charge is 2.34. The molecule has 0 fully saturated rings. The Hall–Kier alpha value is -3.97. The summed E-state index contributed by atoms with van der Waals surface area (Å²) in [6.45, 7) is 4.04. The topological polar surface area (TPSA) is 101 Å². The van der Waals surface area contributed by atoms with Crippen molar-refractivity contribution < 1.29 is 19.4 Å². The number of carbonyl (C=O) groups excluding carboxylic acids is 1. The number of carboxylic acid groups (broad SMARTS) is 1. The Bertz CT molecular complexity index is 1540. The summed E-state index contributed by atoms with van der Waals surface area (Å²) in [7, 11) is 0. The van der Waals surface area contributed by atoms with Crippen LogP contribution in [0.4, 0.5) is 0 Å². The van der Waals surface area contributed by atoms with Gasteiger partial charge in [-0.05, 0) is 69.5 Å². The zero-order chi connectivity index (χ0) is 27.6. The summed E-state index contributed by atoms with van der Waals surface area (Å²) in [6.07, 6.45) is 2.52. The first-order valence-electron chi connectivity index (χ1n) is 13.1. The maximum atomic E-state index is 13.4. The van der Waals surface area contributed by atoms with Crippen LogP contribution in [0, 0.1) is 0 Å². The monoisotopic (exact) mass is 543 g/mol. The van der Waals surface area contributed by atoms with E-state index in [-0.39, 0.29) is 18.4 Å². The number of aryl methyl sites for hydroxylation is 1. The van der Waals surface area contributed by atoms with Gasteiger partial charge in [-0.2, -0.15) is 0 Å². The molecule has 39 heavy (non-hydrogen) atoms. The fourth-order valence-corrected chi connectivity index (χ4v) is 5.11. The molecule has 0 saturated heterocycles. The highest BCUT2D eigenvalue weighted by atomic mass is 35.5. The Morgan fingerprint density at radius 2 is 1.79 bits per heavy atom. The van der Waals surface area contributed by atoms with E-state index in [2.05, 4.69) is 5.32 Å². The summed E-state index contributed by atoms with van der Waals surface area (Å²) in [5, 5.41) is 12.8. The SMILES string of the molecule is CC1(C)CC(NC(=O)c2ccc3nc(-c4ccc(Cl)cc4)c(CCCCC(=O)O)nc3c2)c2ccccc2O1. The van der Waals surface area contributed by atoms with Gasteiger partial charge in [0.25, 0.3) is 5.91 Å². The first-order valence-corrected chi connectivity index (χ1v) is 13.4. The van der Waals surface area contributed by atoms with Crippen molar-refractivity contribution in [3.05, 3.63) is 88.6 Å². The minimum atomic E-state index is -0.816. The number of unbranched alkanes of at least 4 members (excludes halogenated alkanes) is 1. The van der Waals surface area contributed by atoms with Gasteiger partial charge in [0.2, 0.25) is 0 Å². The summed E-state index contributed by atoms with van der Waals surface area (Å²) in [5.74, 6) is -0.226. The summed E-state index contributed by atoms with van der Waals surface area (Å²) in [4.78, 5) is 34.1. The summed E-state index contributed by atoms with van der Waals surface area (Å²) < 4.78 is 6.11. The van der Waals surface area contributed by atoms with E-state index in [0.29, 0.717) is 47.3 Å². The van der Waals surface area contributed by atoms with Crippen LogP contribution in [0.15, 0.2) is 66.7 Å². The fraction of sp³-hybridized carbons (Fsp3) is 0.290. The summed E-state index contributed by atoms with van der Waals surface area (Å²) in [5.41, 5.74) is 4.70. The lowest BCUT2D eigenvalue weighted by atomic mass is 9.89. The number of para-hydroxylation sites is 1. The average Bonchev–Trinajstić information content (AvgIpc) is 2.90. The molecule has 1 amide bonds. The van der Waals surface area contributed by atoms with E-state index in [1.54, 1.807) is 24.3 Å². The molecule has 4 aromatic rings. The van der Waals surface area contributed by atoms with Crippen LogP contribution in [-0.2, 0) is 11.2 Å². The quantitative estimate of drug-likeness (QED) is 0.237. The molecule has 5 rings (SSSR count). The summed E-state index contributed by atoms with van der Waals surface area (Å²) >= 11 is 6.09. The fourth-order valence-electron chi connectivity index (χ4n) is 4.99. The minimum absolute atomic E-state index is 0.105. The van der Waals surface area contributed by atoms with E-state index in [4.69, 9.17) is 31.4 Å². The number of halogens is 1.